The number of rotatable bonds is 5. The molecule has 98 valence electrons. The third-order valence-electron chi connectivity index (χ3n) is 3.38. The zero-order valence-corrected chi connectivity index (χ0v) is 11.4. The molecule has 1 heterocycles. The minimum atomic E-state index is 0.246. The van der Waals surface area contributed by atoms with Gasteiger partial charge in [-0.05, 0) is 50.5 Å². The molecular weight excluding hydrogens is 224 g/mol. The molecule has 0 spiro atoms. The van der Waals surface area contributed by atoms with Gasteiger partial charge >= 0.3 is 0 Å². The van der Waals surface area contributed by atoms with Crippen LogP contribution in [0.25, 0.3) is 10.9 Å². The Hall–Kier alpha value is -1.48. The van der Waals surface area contributed by atoms with E-state index in [9.17, 15) is 0 Å². The number of nitrogens with two attached hydrogens (primary N) is 1. The van der Waals surface area contributed by atoms with E-state index in [2.05, 4.69) is 36.7 Å². The second-order valence-electron chi connectivity index (χ2n) is 4.84. The molecule has 1 aromatic carbocycles. The Morgan fingerprint density at radius 1 is 1.39 bits per heavy atom. The summed E-state index contributed by atoms with van der Waals surface area (Å²) in [7, 11) is 1.71. The van der Waals surface area contributed by atoms with Crippen molar-refractivity contribution in [2.24, 2.45) is 5.73 Å². The van der Waals surface area contributed by atoms with Crippen LogP contribution in [0.1, 0.15) is 25.8 Å². The first kappa shape index (κ1) is 13.0. The zero-order chi connectivity index (χ0) is 13.1. The topological polar surface area (TPSA) is 40.2 Å². The van der Waals surface area contributed by atoms with Crippen LogP contribution in [0.3, 0.4) is 0 Å². The van der Waals surface area contributed by atoms with Gasteiger partial charge in [0.2, 0.25) is 0 Å². The minimum Gasteiger partial charge on any atom is -0.497 e. The summed E-state index contributed by atoms with van der Waals surface area (Å²) < 4.78 is 7.59. The average Bonchev–Trinajstić information content (AvgIpc) is 2.73. The van der Waals surface area contributed by atoms with Gasteiger partial charge in [0, 0.05) is 29.7 Å². The lowest BCUT2D eigenvalue weighted by Gasteiger charge is -2.04. The Kier molecular flexibility index (Phi) is 3.92. The van der Waals surface area contributed by atoms with E-state index in [4.69, 9.17) is 10.5 Å². The summed E-state index contributed by atoms with van der Waals surface area (Å²) in [5, 5.41) is 1.29. The Morgan fingerprint density at radius 2 is 2.17 bits per heavy atom. The van der Waals surface area contributed by atoms with E-state index in [0.717, 1.165) is 25.1 Å². The van der Waals surface area contributed by atoms with Crippen molar-refractivity contribution in [2.45, 2.75) is 39.3 Å². The van der Waals surface area contributed by atoms with Crippen LogP contribution in [0.2, 0.25) is 0 Å². The van der Waals surface area contributed by atoms with Crippen molar-refractivity contribution in [2.75, 3.05) is 7.11 Å². The summed E-state index contributed by atoms with van der Waals surface area (Å²) in [4.78, 5) is 0. The monoisotopic (exact) mass is 246 g/mol. The summed E-state index contributed by atoms with van der Waals surface area (Å²) in [5.41, 5.74) is 8.49. The molecule has 2 N–H and O–H groups in total. The number of hydrogen-bond donors (Lipinski definition) is 1. The first-order valence-electron chi connectivity index (χ1n) is 6.57. The third-order valence-corrected chi connectivity index (χ3v) is 3.38. The smallest absolute Gasteiger partial charge is 0.119 e. The number of fused-ring (bicyclic) bond motifs is 1. The number of aromatic nitrogens is 1. The highest BCUT2D eigenvalue weighted by molar-refractivity contribution is 5.85. The molecule has 18 heavy (non-hydrogen) atoms. The highest BCUT2D eigenvalue weighted by Crippen LogP contribution is 2.27. The fourth-order valence-electron chi connectivity index (χ4n) is 2.32. The normalized spacial score (nSPS) is 12.9. The van der Waals surface area contributed by atoms with Gasteiger partial charge in [-0.1, -0.05) is 0 Å². The second kappa shape index (κ2) is 5.44. The largest absolute Gasteiger partial charge is 0.497 e. The fourth-order valence-corrected chi connectivity index (χ4v) is 2.32. The molecule has 0 radical (unpaired) electrons. The quantitative estimate of drug-likeness (QED) is 0.881. The maximum atomic E-state index is 5.85. The van der Waals surface area contributed by atoms with Crippen LogP contribution < -0.4 is 10.5 Å². The lowest BCUT2D eigenvalue weighted by molar-refractivity contribution is 0.415. The SMILES string of the molecule is CCn1cc(CCC(C)N)c2cc(OC)ccc21. The van der Waals surface area contributed by atoms with Crippen molar-refractivity contribution in [1.82, 2.24) is 4.57 Å². The van der Waals surface area contributed by atoms with Crippen molar-refractivity contribution >= 4 is 10.9 Å². The number of methoxy groups -OCH3 is 1. The van der Waals surface area contributed by atoms with E-state index in [1.807, 2.05) is 6.07 Å². The lowest BCUT2D eigenvalue weighted by atomic mass is 10.1. The van der Waals surface area contributed by atoms with Crippen LogP contribution in [0.5, 0.6) is 5.75 Å². The average molecular weight is 246 g/mol. The highest BCUT2D eigenvalue weighted by Gasteiger charge is 2.09. The predicted molar refractivity (Wildman–Crippen MR) is 76.1 cm³/mol. The summed E-state index contributed by atoms with van der Waals surface area (Å²) in [6.45, 7) is 5.21. The van der Waals surface area contributed by atoms with Crippen LogP contribution in [0.4, 0.5) is 0 Å². The number of nitrogens with zero attached hydrogens (tertiary/aromatic N) is 1. The molecule has 2 rings (SSSR count). The standard InChI is InChI=1S/C15H22N2O/c1-4-17-10-12(6-5-11(2)16)14-9-13(18-3)7-8-15(14)17/h7-11H,4-6,16H2,1-3H3. The van der Waals surface area contributed by atoms with Crippen molar-refractivity contribution in [3.8, 4) is 5.75 Å². The molecule has 0 saturated carbocycles. The van der Waals surface area contributed by atoms with E-state index in [0.29, 0.717) is 0 Å². The van der Waals surface area contributed by atoms with Gasteiger partial charge in [-0.3, -0.25) is 0 Å². The molecule has 3 heteroatoms. The van der Waals surface area contributed by atoms with E-state index >= 15 is 0 Å². The van der Waals surface area contributed by atoms with E-state index in [1.165, 1.54) is 16.5 Å². The maximum absolute atomic E-state index is 5.85. The number of benzene rings is 1. The molecular formula is C15H22N2O. The fraction of sp³-hybridized carbons (Fsp3) is 0.467. The number of hydrogen-bond acceptors (Lipinski definition) is 2. The molecule has 1 aromatic heterocycles. The van der Waals surface area contributed by atoms with Gasteiger partial charge < -0.3 is 15.0 Å². The van der Waals surface area contributed by atoms with Crippen LogP contribution in [0, 0.1) is 0 Å². The Labute approximate surface area is 109 Å². The first-order chi connectivity index (χ1) is 8.65. The van der Waals surface area contributed by atoms with Gasteiger partial charge in [-0.25, -0.2) is 0 Å². The first-order valence-corrected chi connectivity index (χ1v) is 6.57. The predicted octanol–water partition coefficient (Wildman–Crippen LogP) is 2.95. The molecule has 0 amide bonds. The number of aryl methyl sites for hydroxylation is 2. The molecule has 1 unspecified atom stereocenters. The Balaban J connectivity index is 2.43. The minimum absolute atomic E-state index is 0.246. The summed E-state index contributed by atoms with van der Waals surface area (Å²) in [5.74, 6) is 0.915. The van der Waals surface area contributed by atoms with Gasteiger partial charge in [0.1, 0.15) is 5.75 Å². The lowest BCUT2D eigenvalue weighted by Crippen LogP contribution is -2.15. The van der Waals surface area contributed by atoms with Crippen molar-refractivity contribution < 1.29 is 4.74 Å². The van der Waals surface area contributed by atoms with Crippen molar-refractivity contribution in [3.63, 3.8) is 0 Å². The van der Waals surface area contributed by atoms with Crippen LogP contribution in [-0.2, 0) is 13.0 Å². The maximum Gasteiger partial charge on any atom is 0.119 e. The molecule has 0 fully saturated rings. The number of ether oxygens (including phenoxy) is 1. The van der Waals surface area contributed by atoms with Crippen molar-refractivity contribution in [1.29, 1.82) is 0 Å². The zero-order valence-electron chi connectivity index (χ0n) is 11.4. The van der Waals surface area contributed by atoms with E-state index < -0.39 is 0 Å². The van der Waals surface area contributed by atoms with Crippen LogP contribution in [-0.4, -0.2) is 17.7 Å². The second-order valence-corrected chi connectivity index (χ2v) is 4.84. The van der Waals surface area contributed by atoms with Gasteiger partial charge in [0.05, 0.1) is 7.11 Å². The summed E-state index contributed by atoms with van der Waals surface area (Å²) in [6, 6.07) is 6.52. The molecule has 2 aromatic rings. The molecule has 0 saturated heterocycles. The van der Waals surface area contributed by atoms with Gasteiger partial charge in [-0.2, -0.15) is 0 Å². The van der Waals surface area contributed by atoms with E-state index in [1.54, 1.807) is 7.11 Å². The molecule has 0 bridgehead atoms. The van der Waals surface area contributed by atoms with Gasteiger partial charge in [0.25, 0.3) is 0 Å². The Bertz CT molecular complexity index is 529. The summed E-state index contributed by atoms with van der Waals surface area (Å²) >= 11 is 0. The van der Waals surface area contributed by atoms with Crippen LogP contribution in [0.15, 0.2) is 24.4 Å². The Morgan fingerprint density at radius 3 is 2.78 bits per heavy atom. The molecule has 0 aliphatic rings. The van der Waals surface area contributed by atoms with Gasteiger partial charge in [-0.15, -0.1) is 0 Å². The summed E-state index contributed by atoms with van der Waals surface area (Å²) in [6.07, 6.45) is 4.28. The third kappa shape index (κ3) is 2.51. The molecule has 0 aliphatic heterocycles. The highest BCUT2D eigenvalue weighted by atomic mass is 16.5. The van der Waals surface area contributed by atoms with Crippen molar-refractivity contribution in [3.05, 3.63) is 30.0 Å². The molecule has 3 nitrogen and oxygen atoms in total. The molecule has 0 aliphatic carbocycles. The van der Waals surface area contributed by atoms with E-state index in [-0.39, 0.29) is 6.04 Å². The molecule has 1 atom stereocenters. The van der Waals surface area contributed by atoms with Crippen LogP contribution >= 0.6 is 0 Å². The van der Waals surface area contributed by atoms with Gasteiger partial charge in [0.15, 0.2) is 0 Å².